The summed E-state index contributed by atoms with van der Waals surface area (Å²) in [5.74, 6) is 0.618. The lowest BCUT2D eigenvalue weighted by Crippen LogP contribution is -2.26. The zero-order chi connectivity index (χ0) is 12.3. The van der Waals surface area contributed by atoms with E-state index in [1.165, 1.54) is 0 Å². The molecule has 1 unspecified atom stereocenters. The van der Waals surface area contributed by atoms with E-state index in [2.05, 4.69) is 15.9 Å². The van der Waals surface area contributed by atoms with Crippen LogP contribution >= 0.6 is 15.9 Å². The Kier molecular flexibility index (Phi) is 4.15. The first-order chi connectivity index (χ1) is 7.30. The van der Waals surface area contributed by atoms with Crippen molar-refractivity contribution in [3.63, 3.8) is 0 Å². The number of esters is 1. The van der Waals surface area contributed by atoms with Crippen LogP contribution < -0.4 is 0 Å². The smallest absolute Gasteiger partial charge is 0.322 e. The van der Waals surface area contributed by atoms with E-state index in [4.69, 9.17) is 9.15 Å². The Balaban J connectivity index is 2.52. The maximum atomic E-state index is 11.4. The standard InChI is InChI=1S/C11H15BrO4/c1-7(13)9-5-4-8(16-9)6-15-10(14)11(2,3)12/h4-5,7,13H,6H2,1-3H3. The van der Waals surface area contributed by atoms with Crippen LogP contribution in [0.2, 0.25) is 0 Å². The fraction of sp³-hybridized carbons (Fsp3) is 0.545. The molecule has 0 aliphatic rings. The molecule has 0 aliphatic heterocycles. The van der Waals surface area contributed by atoms with Crippen molar-refractivity contribution >= 4 is 21.9 Å². The molecule has 1 atom stereocenters. The Morgan fingerprint density at radius 1 is 1.62 bits per heavy atom. The minimum absolute atomic E-state index is 0.0700. The summed E-state index contributed by atoms with van der Waals surface area (Å²) < 4.78 is 9.59. The van der Waals surface area contributed by atoms with Gasteiger partial charge >= 0.3 is 5.97 Å². The monoisotopic (exact) mass is 290 g/mol. The third kappa shape index (κ3) is 3.64. The number of carbonyl (C=O) groups is 1. The summed E-state index contributed by atoms with van der Waals surface area (Å²) in [7, 11) is 0. The van der Waals surface area contributed by atoms with Crippen LogP contribution in [0, 0.1) is 0 Å². The zero-order valence-electron chi connectivity index (χ0n) is 9.49. The van der Waals surface area contributed by atoms with Gasteiger partial charge in [0.05, 0.1) is 0 Å². The van der Waals surface area contributed by atoms with Crippen LogP contribution in [0.4, 0.5) is 0 Å². The van der Waals surface area contributed by atoms with E-state index in [0.29, 0.717) is 11.5 Å². The molecule has 4 nitrogen and oxygen atoms in total. The topological polar surface area (TPSA) is 59.7 Å². The van der Waals surface area contributed by atoms with Crippen molar-refractivity contribution in [3.8, 4) is 0 Å². The quantitative estimate of drug-likeness (QED) is 0.684. The lowest BCUT2D eigenvalue weighted by Gasteiger charge is -2.13. The average molecular weight is 291 g/mol. The normalized spacial score (nSPS) is 13.6. The van der Waals surface area contributed by atoms with E-state index in [1.54, 1.807) is 32.9 Å². The van der Waals surface area contributed by atoms with Gasteiger partial charge in [-0.15, -0.1) is 0 Å². The number of ether oxygens (including phenoxy) is 1. The molecule has 0 aromatic carbocycles. The van der Waals surface area contributed by atoms with Crippen LogP contribution in [0.3, 0.4) is 0 Å². The van der Waals surface area contributed by atoms with Crippen LogP contribution in [0.5, 0.6) is 0 Å². The van der Waals surface area contributed by atoms with Crippen LogP contribution in [-0.2, 0) is 16.1 Å². The number of hydrogen-bond donors (Lipinski definition) is 1. The van der Waals surface area contributed by atoms with E-state index in [0.717, 1.165) is 0 Å². The highest BCUT2D eigenvalue weighted by atomic mass is 79.9. The van der Waals surface area contributed by atoms with Gasteiger partial charge in [0, 0.05) is 0 Å². The molecule has 1 aromatic heterocycles. The third-order valence-corrected chi connectivity index (χ3v) is 2.25. The summed E-state index contributed by atoms with van der Waals surface area (Å²) >= 11 is 3.20. The Labute approximate surface area is 103 Å². The van der Waals surface area contributed by atoms with Gasteiger partial charge in [-0.1, -0.05) is 15.9 Å². The highest BCUT2D eigenvalue weighted by Crippen LogP contribution is 2.20. The van der Waals surface area contributed by atoms with Crippen LogP contribution in [-0.4, -0.2) is 15.4 Å². The molecule has 90 valence electrons. The number of halogens is 1. The van der Waals surface area contributed by atoms with Gasteiger partial charge < -0.3 is 14.3 Å². The fourth-order valence-corrected chi connectivity index (χ4v) is 1.12. The summed E-state index contributed by atoms with van der Waals surface area (Å²) in [6.45, 7) is 5.09. The fourth-order valence-electron chi connectivity index (χ4n) is 1.00. The molecule has 0 amide bonds. The van der Waals surface area contributed by atoms with Crippen LogP contribution in [0.15, 0.2) is 16.5 Å². The minimum Gasteiger partial charge on any atom is -0.460 e. The molecule has 1 aromatic rings. The molecule has 0 saturated heterocycles. The van der Waals surface area contributed by atoms with E-state index >= 15 is 0 Å². The maximum Gasteiger partial charge on any atom is 0.322 e. The molecule has 0 bridgehead atoms. The van der Waals surface area contributed by atoms with E-state index in [9.17, 15) is 9.90 Å². The Hall–Kier alpha value is -0.810. The van der Waals surface area contributed by atoms with Gasteiger partial charge in [-0.2, -0.15) is 0 Å². The first-order valence-corrected chi connectivity index (χ1v) is 5.73. The SMILES string of the molecule is CC(O)c1ccc(COC(=O)C(C)(C)Br)o1. The van der Waals surface area contributed by atoms with Gasteiger partial charge in [-0.05, 0) is 32.9 Å². The highest BCUT2D eigenvalue weighted by Gasteiger charge is 2.25. The number of furan rings is 1. The number of aliphatic hydroxyl groups excluding tert-OH is 1. The average Bonchev–Trinajstić information content (AvgIpc) is 2.60. The second-order valence-corrected chi connectivity index (χ2v) is 6.01. The highest BCUT2D eigenvalue weighted by molar-refractivity contribution is 9.10. The number of aliphatic hydroxyl groups is 1. The second-order valence-electron chi connectivity index (χ2n) is 4.03. The van der Waals surface area contributed by atoms with Gasteiger partial charge in [0.25, 0.3) is 0 Å². The molecule has 0 fully saturated rings. The Morgan fingerprint density at radius 3 is 2.69 bits per heavy atom. The lowest BCUT2D eigenvalue weighted by atomic mass is 10.2. The lowest BCUT2D eigenvalue weighted by molar-refractivity contribution is -0.147. The van der Waals surface area contributed by atoms with Gasteiger partial charge in [0.2, 0.25) is 0 Å². The molecule has 5 heteroatoms. The molecule has 1 rings (SSSR count). The minimum atomic E-state index is -0.702. The van der Waals surface area contributed by atoms with Crippen molar-refractivity contribution in [3.05, 3.63) is 23.7 Å². The predicted molar refractivity (Wildman–Crippen MR) is 62.1 cm³/mol. The first-order valence-electron chi connectivity index (χ1n) is 4.93. The summed E-state index contributed by atoms with van der Waals surface area (Å²) in [4.78, 5) is 11.4. The molecule has 16 heavy (non-hydrogen) atoms. The van der Waals surface area contributed by atoms with Gasteiger partial charge in [0.15, 0.2) is 0 Å². The van der Waals surface area contributed by atoms with Crippen LogP contribution in [0.1, 0.15) is 38.4 Å². The number of hydrogen-bond acceptors (Lipinski definition) is 4. The van der Waals surface area contributed by atoms with E-state index in [1.807, 2.05) is 0 Å². The van der Waals surface area contributed by atoms with Gasteiger partial charge in [-0.25, -0.2) is 0 Å². The summed E-state index contributed by atoms with van der Waals surface area (Å²) in [6.07, 6.45) is -0.655. The van der Waals surface area contributed by atoms with Crippen molar-refractivity contribution in [1.82, 2.24) is 0 Å². The Bertz CT molecular complexity index is 362. The number of carbonyl (C=O) groups excluding carboxylic acids is 1. The molecule has 1 heterocycles. The van der Waals surface area contributed by atoms with Crippen molar-refractivity contribution in [1.29, 1.82) is 0 Å². The predicted octanol–water partition coefficient (Wildman–Crippen LogP) is 2.55. The van der Waals surface area contributed by atoms with Crippen molar-refractivity contribution < 1.29 is 19.1 Å². The molecule has 1 N–H and O–H groups in total. The molecular weight excluding hydrogens is 276 g/mol. The molecule has 0 aliphatic carbocycles. The first kappa shape index (κ1) is 13.3. The van der Waals surface area contributed by atoms with Crippen molar-refractivity contribution in [2.24, 2.45) is 0 Å². The molecule has 0 radical (unpaired) electrons. The summed E-state index contributed by atoms with van der Waals surface area (Å²) in [5, 5.41) is 9.23. The second kappa shape index (κ2) is 5.01. The van der Waals surface area contributed by atoms with E-state index in [-0.39, 0.29) is 12.6 Å². The number of rotatable bonds is 4. The van der Waals surface area contributed by atoms with Gasteiger partial charge in [0.1, 0.15) is 28.6 Å². The zero-order valence-corrected chi connectivity index (χ0v) is 11.1. The van der Waals surface area contributed by atoms with Crippen molar-refractivity contribution in [2.75, 3.05) is 0 Å². The number of alkyl halides is 1. The summed E-state index contributed by atoms with van der Waals surface area (Å²) in [5.41, 5.74) is 0. The maximum absolute atomic E-state index is 11.4. The van der Waals surface area contributed by atoms with E-state index < -0.39 is 10.4 Å². The third-order valence-electron chi connectivity index (χ3n) is 1.93. The molecule has 0 spiro atoms. The summed E-state index contributed by atoms with van der Waals surface area (Å²) in [6, 6.07) is 3.34. The molecular formula is C11H15BrO4. The van der Waals surface area contributed by atoms with Gasteiger partial charge in [-0.3, -0.25) is 4.79 Å². The largest absolute Gasteiger partial charge is 0.460 e. The van der Waals surface area contributed by atoms with Crippen molar-refractivity contribution in [2.45, 2.75) is 37.8 Å². The van der Waals surface area contributed by atoms with Crippen LogP contribution in [0.25, 0.3) is 0 Å². The Morgan fingerprint density at radius 2 is 2.25 bits per heavy atom. The molecule has 0 saturated carbocycles.